The van der Waals surface area contributed by atoms with Gasteiger partial charge in [0.15, 0.2) is 11.5 Å². The van der Waals surface area contributed by atoms with Crippen molar-refractivity contribution in [3.05, 3.63) is 53.7 Å². The minimum atomic E-state index is -3.71. The van der Waals surface area contributed by atoms with Crippen LogP contribution < -0.4 is 20.1 Å². The Labute approximate surface area is 221 Å². The fourth-order valence-electron chi connectivity index (χ4n) is 4.97. The third-order valence-electron chi connectivity index (χ3n) is 7.05. The van der Waals surface area contributed by atoms with Crippen molar-refractivity contribution in [3.63, 3.8) is 0 Å². The number of alkyl halides is 2. The van der Waals surface area contributed by atoms with Gasteiger partial charge < -0.3 is 29.8 Å². The SMILES string of the molecule is CC(=O)NCC(O)Cn1c(C(C)(C)C)cc2cc(NC(=O)C3(c4ccc5c(c4)OC(F)(F)O5)CC3)ccc21.[HH].[HH]. The predicted molar refractivity (Wildman–Crippen MR) is 142 cm³/mol. The fourth-order valence-corrected chi connectivity index (χ4v) is 4.97. The molecule has 1 aliphatic heterocycles. The first-order valence-corrected chi connectivity index (χ1v) is 12.6. The highest BCUT2D eigenvalue weighted by Crippen LogP contribution is 2.52. The van der Waals surface area contributed by atoms with Crippen LogP contribution in [0.5, 0.6) is 11.5 Å². The van der Waals surface area contributed by atoms with Crippen LogP contribution in [0.3, 0.4) is 0 Å². The number of hydrogen-bond donors (Lipinski definition) is 3. The molecule has 8 nitrogen and oxygen atoms in total. The van der Waals surface area contributed by atoms with E-state index in [2.05, 4.69) is 40.9 Å². The molecular formula is C28H35F2N3O5. The van der Waals surface area contributed by atoms with E-state index in [0.717, 1.165) is 16.6 Å². The molecule has 5 rings (SSSR count). The number of rotatable bonds is 7. The number of anilines is 1. The Morgan fingerprint density at radius 3 is 2.47 bits per heavy atom. The van der Waals surface area contributed by atoms with Crippen LogP contribution in [0.4, 0.5) is 14.5 Å². The Kier molecular flexibility index (Phi) is 6.13. The summed E-state index contributed by atoms with van der Waals surface area (Å²) in [5, 5.41) is 17.1. The monoisotopic (exact) mass is 531 g/mol. The van der Waals surface area contributed by atoms with E-state index in [1.165, 1.54) is 19.1 Å². The molecule has 1 saturated carbocycles. The van der Waals surface area contributed by atoms with Gasteiger partial charge in [-0.3, -0.25) is 9.59 Å². The summed E-state index contributed by atoms with van der Waals surface area (Å²) in [6.07, 6.45) is -3.30. The Hall–Kier alpha value is -3.66. The highest BCUT2D eigenvalue weighted by Gasteiger charge is 2.52. The lowest BCUT2D eigenvalue weighted by Gasteiger charge is -2.24. The van der Waals surface area contributed by atoms with Gasteiger partial charge in [-0.15, -0.1) is 8.78 Å². The highest BCUT2D eigenvalue weighted by atomic mass is 19.3. The van der Waals surface area contributed by atoms with Crippen LogP contribution in [0.2, 0.25) is 0 Å². The first kappa shape index (κ1) is 26.0. The van der Waals surface area contributed by atoms with E-state index in [-0.39, 0.29) is 38.1 Å². The Morgan fingerprint density at radius 2 is 1.82 bits per heavy atom. The van der Waals surface area contributed by atoms with Crippen molar-refractivity contribution in [1.82, 2.24) is 9.88 Å². The number of benzene rings is 2. The Bertz CT molecular complexity index is 1430. The van der Waals surface area contributed by atoms with E-state index in [1.54, 1.807) is 12.1 Å². The van der Waals surface area contributed by atoms with Gasteiger partial charge in [-0.2, -0.15) is 0 Å². The van der Waals surface area contributed by atoms with E-state index < -0.39 is 17.8 Å². The number of hydrogen-bond acceptors (Lipinski definition) is 5. The summed E-state index contributed by atoms with van der Waals surface area (Å²) in [7, 11) is 0. The zero-order valence-corrected chi connectivity index (χ0v) is 21.7. The number of carbonyl (C=O) groups excluding carboxylic acids is 2. The van der Waals surface area contributed by atoms with E-state index in [1.807, 2.05) is 22.8 Å². The number of nitrogens with one attached hydrogen (secondary N) is 2. The van der Waals surface area contributed by atoms with Gasteiger partial charge in [-0.1, -0.05) is 26.8 Å². The van der Waals surface area contributed by atoms with Crippen molar-refractivity contribution in [2.45, 2.75) is 70.3 Å². The number of carbonyl (C=O) groups is 2. The molecule has 1 atom stereocenters. The largest absolute Gasteiger partial charge is 0.586 e. The third kappa shape index (κ3) is 4.92. The van der Waals surface area contributed by atoms with Crippen molar-refractivity contribution in [3.8, 4) is 11.5 Å². The maximum absolute atomic E-state index is 13.4. The van der Waals surface area contributed by atoms with Crippen molar-refractivity contribution in [2.24, 2.45) is 0 Å². The van der Waals surface area contributed by atoms with E-state index in [4.69, 9.17) is 0 Å². The molecule has 0 saturated heterocycles. The molecule has 10 heteroatoms. The molecule has 2 aliphatic rings. The van der Waals surface area contributed by atoms with Crippen molar-refractivity contribution in [1.29, 1.82) is 0 Å². The Balaban J connectivity index is 0.00000220. The molecule has 1 fully saturated rings. The van der Waals surface area contributed by atoms with E-state index in [9.17, 15) is 23.5 Å². The summed E-state index contributed by atoms with van der Waals surface area (Å²) < 4.78 is 38.0. The number of halogens is 2. The van der Waals surface area contributed by atoms with Crippen LogP contribution in [0.15, 0.2) is 42.5 Å². The number of fused-ring (bicyclic) bond motifs is 2. The van der Waals surface area contributed by atoms with Crippen molar-refractivity contribution >= 4 is 28.4 Å². The van der Waals surface area contributed by atoms with Crippen molar-refractivity contribution in [2.75, 3.05) is 11.9 Å². The minimum absolute atomic E-state index is 0. The number of aliphatic hydroxyl groups excluding tert-OH is 1. The second-order valence-corrected chi connectivity index (χ2v) is 11.1. The smallest absolute Gasteiger partial charge is 0.395 e. The standard InChI is InChI=1S/C28H31F2N3O5.2H2/c1-16(34)31-14-20(35)15-33-21-7-6-19(11-17(21)12-24(33)26(2,3)4)32-25(36)27(9-10-27)18-5-8-22-23(13-18)38-28(29,30)37-22;;/h5-8,11-13,20,35H,9-10,14-15H2,1-4H3,(H,31,34)(H,32,36);2*1H. The summed E-state index contributed by atoms with van der Waals surface area (Å²) in [6.45, 7) is 8.10. The fraction of sp³-hybridized carbons (Fsp3) is 0.429. The molecule has 3 N–H and O–H groups in total. The van der Waals surface area contributed by atoms with Gasteiger partial charge in [0.05, 0.1) is 18.1 Å². The molecule has 2 heterocycles. The van der Waals surface area contributed by atoms with Gasteiger partial charge in [-0.25, -0.2) is 0 Å². The maximum Gasteiger partial charge on any atom is 0.586 e. The first-order valence-electron chi connectivity index (χ1n) is 12.6. The summed E-state index contributed by atoms with van der Waals surface area (Å²) in [5.74, 6) is -0.555. The summed E-state index contributed by atoms with van der Waals surface area (Å²) >= 11 is 0. The number of amides is 2. The molecule has 1 aliphatic carbocycles. The van der Waals surface area contributed by atoms with Gasteiger partial charge in [-0.05, 0) is 54.8 Å². The third-order valence-corrected chi connectivity index (χ3v) is 7.05. The Morgan fingerprint density at radius 1 is 1.11 bits per heavy atom. The first-order chi connectivity index (χ1) is 17.8. The number of nitrogens with zero attached hydrogens (tertiary/aromatic N) is 1. The summed E-state index contributed by atoms with van der Waals surface area (Å²) in [6, 6.07) is 12.1. The molecule has 0 radical (unpaired) electrons. The van der Waals surface area contributed by atoms with Crippen LogP contribution in [0.1, 0.15) is 54.6 Å². The summed E-state index contributed by atoms with van der Waals surface area (Å²) in [4.78, 5) is 24.6. The molecule has 1 unspecified atom stereocenters. The molecule has 0 spiro atoms. The lowest BCUT2D eigenvalue weighted by Crippen LogP contribution is -2.34. The highest BCUT2D eigenvalue weighted by molar-refractivity contribution is 6.02. The molecular weight excluding hydrogens is 496 g/mol. The molecule has 38 heavy (non-hydrogen) atoms. The van der Waals surface area contributed by atoms with Gasteiger partial charge in [0.1, 0.15) is 0 Å². The topological polar surface area (TPSA) is 102 Å². The molecule has 2 aromatic carbocycles. The summed E-state index contributed by atoms with van der Waals surface area (Å²) in [5.41, 5.74) is 2.08. The van der Waals surface area contributed by atoms with Gasteiger partial charge in [0.25, 0.3) is 0 Å². The number of aromatic nitrogens is 1. The zero-order chi connectivity index (χ0) is 27.5. The van der Waals surface area contributed by atoms with Crippen LogP contribution in [-0.2, 0) is 27.0 Å². The van der Waals surface area contributed by atoms with Crippen LogP contribution >= 0.6 is 0 Å². The van der Waals surface area contributed by atoms with Crippen LogP contribution in [0, 0.1) is 0 Å². The molecule has 3 aromatic rings. The van der Waals surface area contributed by atoms with E-state index >= 15 is 0 Å². The second kappa shape index (κ2) is 8.97. The lowest BCUT2D eigenvalue weighted by molar-refractivity contribution is -0.286. The van der Waals surface area contributed by atoms with Crippen LogP contribution in [0.25, 0.3) is 10.9 Å². The minimum Gasteiger partial charge on any atom is -0.395 e. The number of ether oxygens (including phenoxy) is 2. The average molecular weight is 532 g/mol. The van der Waals surface area contributed by atoms with E-state index in [0.29, 0.717) is 30.6 Å². The quantitative estimate of drug-likeness (QED) is 0.402. The van der Waals surface area contributed by atoms with Crippen molar-refractivity contribution < 1.29 is 35.8 Å². The molecule has 0 bridgehead atoms. The number of aliphatic hydroxyl groups is 1. The maximum atomic E-state index is 13.4. The van der Waals surface area contributed by atoms with Gasteiger partial charge >= 0.3 is 6.29 Å². The predicted octanol–water partition coefficient (Wildman–Crippen LogP) is 4.92. The average Bonchev–Trinajstić information content (AvgIpc) is 3.46. The second-order valence-electron chi connectivity index (χ2n) is 11.1. The molecule has 1 aromatic heterocycles. The molecule has 206 valence electrons. The van der Waals surface area contributed by atoms with Gasteiger partial charge in [0, 0.05) is 44.0 Å². The zero-order valence-electron chi connectivity index (χ0n) is 21.7. The normalized spacial score (nSPS) is 17.8. The molecule has 2 amide bonds. The van der Waals surface area contributed by atoms with Gasteiger partial charge in [0.2, 0.25) is 11.8 Å². The lowest BCUT2D eigenvalue weighted by atomic mass is 9.92. The van der Waals surface area contributed by atoms with Crippen LogP contribution in [-0.4, -0.2) is 40.4 Å².